The summed E-state index contributed by atoms with van der Waals surface area (Å²) in [4.78, 5) is 0. The van der Waals surface area contributed by atoms with Gasteiger partial charge in [-0.2, -0.15) is 0 Å². The molecule has 0 saturated carbocycles. The number of nitrogens with zero attached hydrogens (tertiary/aromatic N) is 2. The van der Waals surface area contributed by atoms with Crippen LogP contribution >= 0.6 is 0 Å². The van der Waals surface area contributed by atoms with Crippen molar-refractivity contribution < 1.29 is 4.57 Å². The van der Waals surface area contributed by atoms with Crippen molar-refractivity contribution in [1.29, 1.82) is 0 Å². The molecule has 1 aromatic heterocycles. The standard InChI is InChI=1S/C23H31N2/c1-15(2)18-11-12-20-21(14-18)25(23(5,6)7)22(24(20)8)19-13-16(3)9-10-17(19)4/h9-15H,1-8H3/q+1. The molecule has 0 unspecified atom stereocenters. The third-order valence-corrected chi connectivity index (χ3v) is 5.10. The van der Waals surface area contributed by atoms with Crippen LogP contribution in [0.2, 0.25) is 0 Å². The number of hydrogen-bond donors (Lipinski definition) is 0. The molecule has 0 radical (unpaired) electrons. The first kappa shape index (κ1) is 17.7. The van der Waals surface area contributed by atoms with Gasteiger partial charge in [0.15, 0.2) is 11.0 Å². The molecule has 0 aliphatic rings. The Morgan fingerprint density at radius 1 is 0.960 bits per heavy atom. The molecule has 0 bridgehead atoms. The smallest absolute Gasteiger partial charge is 0.226 e. The molecule has 25 heavy (non-hydrogen) atoms. The maximum Gasteiger partial charge on any atom is 0.290 e. The largest absolute Gasteiger partial charge is 0.290 e. The first-order chi connectivity index (χ1) is 11.6. The SMILES string of the molecule is Cc1ccc(C)c(-c2n(C(C)(C)C)c3cc(C(C)C)ccc3[n+]2C)c1. The maximum absolute atomic E-state index is 2.51. The van der Waals surface area contributed by atoms with Gasteiger partial charge in [-0.3, -0.25) is 0 Å². The second kappa shape index (κ2) is 6.01. The van der Waals surface area contributed by atoms with Crippen LogP contribution in [0.5, 0.6) is 0 Å². The normalized spacial score (nSPS) is 12.4. The molecular formula is C23H31N2+. The van der Waals surface area contributed by atoms with Crippen molar-refractivity contribution in [3.63, 3.8) is 0 Å². The van der Waals surface area contributed by atoms with E-state index in [1.807, 2.05) is 0 Å². The van der Waals surface area contributed by atoms with Crippen LogP contribution in [0.15, 0.2) is 36.4 Å². The van der Waals surface area contributed by atoms with Gasteiger partial charge >= 0.3 is 0 Å². The van der Waals surface area contributed by atoms with E-state index in [0.717, 1.165) is 0 Å². The van der Waals surface area contributed by atoms with Gasteiger partial charge in [-0.05, 0) is 69.9 Å². The zero-order chi connectivity index (χ0) is 18.5. The predicted molar refractivity (Wildman–Crippen MR) is 107 cm³/mol. The van der Waals surface area contributed by atoms with Crippen LogP contribution in [0.1, 0.15) is 57.2 Å². The molecule has 3 rings (SSSR count). The van der Waals surface area contributed by atoms with E-state index in [1.54, 1.807) is 0 Å². The van der Waals surface area contributed by atoms with E-state index in [2.05, 4.69) is 101 Å². The predicted octanol–water partition coefficient (Wildman–Crippen LogP) is 5.63. The minimum atomic E-state index is 0.000627. The minimum Gasteiger partial charge on any atom is -0.226 e. The zero-order valence-corrected chi connectivity index (χ0v) is 16.9. The van der Waals surface area contributed by atoms with E-state index in [-0.39, 0.29) is 5.54 Å². The fourth-order valence-corrected chi connectivity index (χ4v) is 3.70. The number of hydrogen-bond acceptors (Lipinski definition) is 0. The number of imidazole rings is 1. The van der Waals surface area contributed by atoms with Crippen molar-refractivity contribution in [3.8, 4) is 11.4 Å². The summed E-state index contributed by atoms with van der Waals surface area (Å²) in [7, 11) is 2.19. The van der Waals surface area contributed by atoms with Crippen LogP contribution in [0, 0.1) is 13.8 Å². The van der Waals surface area contributed by atoms with E-state index in [4.69, 9.17) is 0 Å². The summed E-state index contributed by atoms with van der Waals surface area (Å²) in [6.45, 7) is 15.8. The molecule has 0 atom stereocenters. The minimum absolute atomic E-state index is 0.000627. The van der Waals surface area contributed by atoms with Gasteiger partial charge in [0.25, 0.3) is 5.82 Å². The molecule has 2 heteroatoms. The highest BCUT2D eigenvalue weighted by Crippen LogP contribution is 2.33. The lowest BCUT2D eigenvalue weighted by Crippen LogP contribution is -2.33. The highest BCUT2D eigenvalue weighted by atomic mass is 15.2. The third-order valence-electron chi connectivity index (χ3n) is 5.10. The van der Waals surface area contributed by atoms with Crippen molar-refractivity contribution in [1.82, 2.24) is 4.57 Å². The highest BCUT2D eigenvalue weighted by molar-refractivity contribution is 5.78. The average Bonchev–Trinajstić information content (AvgIpc) is 2.82. The van der Waals surface area contributed by atoms with Gasteiger partial charge in [0.2, 0.25) is 0 Å². The zero-order valence-electron chi connectivity index (χ0n) is 16.9. The van der Waals surface area contributed by atoms with Crippen molar-refractivity contribution >= 4 is 11.0 Å². The molecule has 0 saturated heterocycles. The summed E-state index contributed by atoms with van der Waals surface area (Å²) in [5, 5.41) is 0. The van der Waals surface area contributed by atoms with Crippen LogP contribution in [0.3, 0.4) is 0 Å². The Kier molecular flexibility index (Phi) is 4.26. The molecule has 1 heterocycles. The van der Waals surface area contributed by atoms with Crippen LogP contribution in [-0.2, 0) is 12.6 Å². The molecule has 0 amide bonds. The number of aromatic nitrogens is 2. The van der Waals surface area contributed by atoms with Crippen molar-refractivity contribution in [3.05, 3.63) is 53.1 Å². The summed E-state index contributed by atoms with van der Waals surface area (Å²) < 4.78 is 4.86. The van der Waals surface area contributed by atoms with Crippen LogP contribution in [0.25, 0.3) is 22.4 Å². The Hall–Kier alpha value is -2.09. The van der Waals surface area contributed by atoms with Crippen molar-refractivity contribution in [2.45, 2.75) is 59.9 Å². The topological polar surface area (TPSA) is 8.81 Å². The van der Waals surface area contributed by atoms with Crippen LogP contribution < -0.4 is 4.57 Å². The molecule has 2 nitrogen and oxygen atoms in total. The van der Waals surface area contributed by atoms with E-state index in [9.17, 15) is 0 Å². The summed E-state index contributed by atoms with van der Waals surface area (Å²) in [6, 6.07) is 13.7. The average molecular weight is 336 g/mol. The summed E-state index contributed by atoms with van der Waals surface area (Å²) in [6.07, 6.45) is 0. The van der Waals surface area contributed by atoms with Gasteiger partial charge in [-0.1, -0.05) is 37.6 Å². The molecule has 0 fully saturated rings. The van der Waals surface area contributed by atoms with Crippen LogP contribution in [0.4, 0.5) is 0 Å². The van der Waals surface area contributed by atoms with Crippen molar-refractivity contribution in [2.24, 2.45) is 7.05 Å². The number of fused-ring (bicyclic) bond motifs is 1. The highest BCUT2D eigenvalue weighted by Gasteiger charge is 2.33. The number of benzene rings is 2. The Balaban J connectivity index is 2.46. The number of aryl methyl sites for hydroxylation is 3. The monoisotopic (exact) mass is 335 g/mol. The van der Waals surface area contributed by atoms with Gasteiger partial charge in [0.1, 0.15) is 5.54 Å². The van der Waals surface area contributed by atoms with E-state index in [1.165, 1.54) is 39.1 Å². The summed E-state index contributed by atoms with van der Waals surface area (Å²) in [5.74, 6) is 1.81. The lowest BCUT2D eigenvalue weighted by Gasteiger charge is -2.19. The fourth-order valence-electron chi connectivity index (χ4n) is 3.70. The molecule has 132 valence electrons. The van der Waals surface area contributed by atoms with Gasteiger partial charge in [-0.25, -0.2) is 9.13 Å². The van der Waals surface area contributed by atoms with E-state index < -0.39 is 0 Å². The Labute approximate surface area is 152 Å². The van der Waals surface area contributed by atoms with Gasteiger partial charge in [-0.15, -0.1) is 0 Å². The second-order valence-electron chi connectivity index (χ2n) is 8.61. The molecule has 0 spiro atoms. The van der Waals surface area contributed by atoms with Gasteiger partial charge < -0.3 is 0 Å². The number of rotatable bonds is 2. The summed E-state index contributed by atoms with van der Waals surface area (Å²) >= 11 is 0. The van der Waals surface area contributed by atoms with Gasteiger partial charge in [0, 0.05) is 0 Å². The Bertz CT molecular complexity index is 937. The molecule has 0 N–H and O–H groups in total. The van der Waals surface area contributed by atoms with Gasteiger partial charge in [0.05, 0.1) is 12.6 Å². The van der Waals surface area contributed by atoms with E-state index in [0.29, 0.717) is 5.92 Å². The second-order valence-corrected chi connectivity index (χ2v) is 8.61. The maximum atomic E-state index is 2.51. The molecule has 2 aromatic carbocycles. The van der Waals surface area contributed by atoms with E-state index >= 15 is 0 Å². The Morgan fingerprint density at radius 2 is 1.64 bits per heavy atom. The lowest BCUT2D eigenvalue weighted by atomic mass is 10.0. The molecule has 0 aliphatic heterocycles. The quantitative estimate of drug-likeness (QED) is 0.537. The summed E-state index contributed by atoms with van der Waals surface area (Å²) in [5.41, 5.74) is 7.93. The fraction of sp³-hybridized carbons (Fsp3) is 0.435. The first-order valence-electron chi connectivity index (χ1n) is 9.23. The third kappa shape index (κ3) is 2.99. The lowest BCUT2D eigenvalue weighted by molar-refractivity contribution is -0.634. The van der Waals surface area contributed by atoms with Crippen LogP contribution in [-0.4, -0.2) is 4.57 Å². The Morgan fingerprint density at radius 3 is 2.24 bits per heavy atom. The molecular weight excluding hydrogens is 304 g/mol. The molecule has 3 aromatic rings. The molecule has 0 aliphatic carbocycles. The van der Waals surface area contributed by atoms with Crippen molar-refractivity contribution in [2.75, 3.05) is 0 Å². The first-order valence-corrected chi connectivity index (χ1v) is 9.23.